The molecule has 0 spiro atoms. The van der Waals surface area contributed by atoms with Crippen molar-refractivity contribution < 1.29 is 23.8 Å². The van der Waals surface area contributed by atoms with Gasteiger partial charge in [0.1, 0.15) is 12.4 Å². The van der Waals surface area contributed by atoms with Crippen LogP contribution in [0.5, 0.6) is 17.2 Å². The minimum absolute atomic E-state index is 0.203. The molecule has 0 saturated heterocycles. The quantitative estimate of drug-likeness (QED) is 0.532. The number of nitrogens with zero attached hydrogens (tertiary/aromatic N) is 1. The lowest BCUT2D eigenvalue weighted by Gasteiger charge is -2.20. The molecule has 1 heterocycles. The van der Waals surface area contributed by atoms with Crippen molar-refractivity contribution in [2.75, 3.05) is 21.0 Å². The molecule has 2 aromatic carbocycles. The molecule has 0 radical (unpaired) electrons. The third-order valence-corrected chi connectivity index (χ3v) is 4.20. The molecule has 1 aliphatic rings. The van der Waals surface area contributed by atoms with Gasteiger partial charge in [-0.25, -0.2) is 0 Å². The maximum atomic E-state index is 6.17. The third kappa shape index (κ3) is 4.15. The Morgan fingerprint density at radius 3 is 2.77 bits per heavy atom. The van der Waals surface area contributed by atoms with Crippen molar-refractivity contribution in [2.45, 2.75) is 13.2 Å². The van der Waals surface area contributed by atoms with Crippen molar-refractivity contribution in [3.63, 3.8) is 0 Å². The average Bonchev–Trinajstić information content (AvgIpc) is 2.64. The smallest absolute Gasteiger partial charge is 0.189 e. The van der Waals surface area contributed by atoms with E-state index in [1.54, 1.807) is 18.2 Å². The zero-order valence-corrected chi connectivity index (χ0v) is 15.8. The third-order valence-electron chi connectivity index (χ3n) is 3.70. The van der Waals surface area contributed by atoms with Crippen LogP contribution in [0.15, 0.2) is 29.4 Å². The molecule has 0 N–H and O–H groups in total. The first-order valence-corrected chi connectivity index (χ1v) is 8.46. The average molecular weight is 398 g/mol. The van der Waals surface area contributed by atoms with E-state index in [-0.39, 0.29) is 13.4 Å². The van der Waals surface area contributed by atoms with Gasteiger partial charge in [0.25, 0.3) is 0 Å². The van der Waals surface area contributed by atoms with Gasteiger partial charge < -0.3 is 23.8 Å². The van der Waals surface area contributed by atoms with E-state index in [1.165, 1.54) is 20.4 Å². The fraction of sp³-hybridized carbons (Fsp3) is 0.278. The van der Waals surface area contributed by atoms with Gasteiger partial charge >= 0.3 is 0 Å². The molecule has 2 aromatic rings. The lowest BCUT2D eigenvalue weighted by molar-refractivity contribution is -0.0183. The van der Waals surface area contributed by atoms with Crippen LogP contribution in [0.25, 0.3) is 0 Å². The molecule has 6 nitrogen and oxygen atoms in total. The number of oxime groups is 1. The Hall–Kier alpha value is -2.15. The van der Waals surface area contributed by atoms with Crippen molar-refractivity contribution in [1.82, 2.24) is 0 Å². The fourth-order valence-electron chi connectivity index (χ4n) is 2.58. The highest BCUT2D eigenvalue weighted by atomic mass is 35.5. The van der Waals surface area contributed by atoms with Crippen LogP contribution < -0.4 is 14.2 Å². The van der Waals surface area contributed by atoms with Crippen LogP contribution in [0.3, 0.4) is 0 Å². The van der Waals surface area contributed by atoms with Crippen LogP contribution in [0.4, 0.5) is 0 Å². The first-order chi connectivity index (χ1) is 12.6. The molecule has 0 aliphatic carbocycles. The SMILES string of the molecule is COc1cc(/C=N\OCc2cc(Cl)cc3c2OCOC3)cc(Cl)c1OC. The monoisotopic (exact) mass is 397 g/mol. The highest BCUT2D eigenvalue weighted by molar-refractivity contribution is 6.32. The van der Waals surface area contributed by atoms with Crippen molar-refractivity contribution in [1.29, 1.82) is 0 Å². The van der Waals surface area contributed by atoms with Crippen molar-refractivity contribution in [2.24, 2.45) is 5.16 Å². The molecule has 0 saturated carbocycles. The number of benzene rings is 2. The Labute approximate surface area is 161 Å². The van der Waals surface area contributed by atoms with Crippen LogP contribution in [0, 0.1) is 0 Å². The Morgan fingerprint density at radius 2 is 2.00 bits per heavy atom. The van der Waals surface area contributed by atoms with Gasteiger partial charge in [-0.15, -0.1) is 0 Å². The second-order valence-electron chi connectivity index (χ2n) is 5.41. The van der Waals surface area contributed by atoms with Gasteiger partial charge in [0.2, 0.25) is 0 Å². The number of rotatable bonds is 6. The minimum Gasteiger partial charge on any atom is -0.493 e. The van der Waals surface area contributed by atoms with Gasteiger partial charge in [-0.05, 0) is 24.3 Å². The zero-order chi connectivity index (χ0) is 18.5. The maximum Gasteiger partial charge on any atom is 0.189 e. The first-order valence-electron chi connectivity index (χ1n) is 7.71. The number of ether oxygens (including phenoxy) is 4. The number of fused-ring (bicyclic) bond motifs is 1. The largest absolute Gasteiger partial charge is 0.493 e. The predicted molar refractivity (Wildman–Crippen MR) is 98.7 cm³/mol. The first kappa shape index (κ1) is 18.6. The zero-order valence-electron chi connectivity index (χ0n) is 14.3. The molecule has 0 aromatic heterocycles. The summed E-state index contributed by atoms with van der Waals surface area (Å²) in [6.07, 6.45) is 1.54. The molecule has 8 heteroatoms. The van der Waals surface area contributed by atoms with E-state index in [0.29, 0.717) is 33.7 Å². The van der Waals surface area contributed by atoms with Gasteiger partial charge in [-0.3, -0.25) is 0 Å². The summed E-state index contributed by atoms with van der Waals surface area (Å²) in [6, 6.07) is 7.06. The molecule has 26 heavy (non-hydrogen) atoms. The maximum absolute atomic E-state index is 6.17. The Balaban J connectivity index is 1.71. The summed E-state index contributed by atoms with van der Waals surface area (Å²) >= 11 is 12.3. The molecule has 0 unspecified atom stereocenters. The molecule has 1 aliphatic heterocycles. The van der Waals surface area contributed by atoms with E-state index in [0.717, 1.165) is 16.9 Å². The standard InChI is InChI=1S/C18H17Cl2NO5/c1-22-16-4-11(3-15(20)18(16)23-2)7-21-26-9-13-6-14(19)5-12-8-24-10-25-17(12)13/h3-7H,8-10H2,1-2H3/b21-7-. The topological polar surface area (TPSA) is 58.5 Å². The van der Waals surface area contributed by atoms with E-state index < -0.39 is 0 Å². The summed E-state index contributed by atoms with van der Waals surface area (Å²) in [5.41, 5.74) is 2.40. The number of hydrogen-bond acceptors (Lipinski definition) is 6. The summed E-state index contributed by atoms with van der Waals surface area (Å²) in [6.45, 7) is 0.867. The van der Waals surface area contributed by atoms with Gasteiger partial charge in [0.15, 0.2) is 18.3 Å². The van der Waals surface area contributed by atoms with Crippen LogP contribution in [0.1, 0.15) is 16.7 Å². The van der Waals surface area contributed by atoms with Crippen LogP contribution >= 0.6 is 23.2 Å². The molecule has 0 amide bonds. The van der Waals surface area contributed by atoms with Gasteiger partial charge in [-0.1, -0.05) is 28.4 Å². The van der Waals surface area contributed by atoms with E-state index in [1.807, 2.05) is 6.07 Å². The van der Waals surface area contributed by atoms with Gasteiger partial charge in [-0.2, -0.15) is 0 Å². The van der Waals surface area contributed by atoms with Crippen LogP contribution in [0.2, 0.25) is 10.0 Å². The molecule has 3 rings (SSSR count). The van der Waals surface area contributed by atoms with Crippen molar-refractivity contribution in [3.8, 4) is 17.2 Å². The van der Waals surface area contributed by atoms with E-state index in [4.69, 9.17) is 47.0 Å². The summed E-state index contributed by atoms with van der Waals surface area (Å²) in [5, 5.41) is 4.99. The second-order valence-corrected chi connectivity index (χ2v) is 6.25. The molecule has 0 bridgehead atoms. The summed E-state index contributed by atoms with van der Waals surface area (Å²) in [4.78, 5) is 5.39. The predicted octanol–water partition coefficient (Wildman–Crippen LogP) is 4.43. The summed E-state index contributed by atoms with van der Waals surface area (Å²) < 4.78 is 21.2. The molecule has 0 fully saturated rings. The minimum atomic E-state index is 0.203. The number of methoxy groups -OCH3 is 2. The summed E-state index contributed by atoms with van der Waals surface area (Å²) in [5.74, 6) is 1.71. The Kier molecular flexibility index (Phi) is 6.08. The Bertz CT molecular complexity index is 826. The number of hydrogen-bond donors (Lipinski definition) is 0. The van der Waals surface area contributed by atoms with Crippen molar-refractivity contribution >= 4 is 29.4 Å². The fourth-order valence-corrected chi connectivity index (χ4v) is 3.14. The van der Waals surface area contributed by atoms with Gasteiger partial charge in [0.05, 0.1) is 32.1 Å². The molecule has 138 valence electrons. The van der Waals surface area contributed by atoms with Crippen molar-refractivity contribution in [3.05, 3.63) is 51.0 Å². The highest BCUT2D eigenvalue weighted by Crippen LogP contribution is 2.35. The Morgan fingerprint density at radius 1 is 1.15 bits per heavy atom. The second kappa shape index (κ2) is 8.49. The normalized spacial score (nSPS) is 13.2. The van der Waals surface area contributed by atoms with Crippen LogP contribution in [-0.2, 0) is 22.8 Å². The lowest BCUT2D eigenvalue weighted by Crippen LogP contribution is -2.13. The van der Waals surface area contributed by atoms with Crippen LogP contribution in [-0.4, -0.2) is 27.2 Å². The molecular formula is C18H17Cl2NO5. The van der Waals surface area contributed by atoms with Gasteiger partial charge in [0, 0.05) is 21.7 Å². The van der Waals surface area contributed by atoms with E-state index in [9.17, 15) is 0 Å². The highest BCUT2D eigenvalue weighted by Gasteiger charge is 2.16. The number of halogens is 2. The van der Waals surface area contributed by atoms with E-state index >= 15 is 0 Å². The lowest BCUT2D eigenvalue weighted by atomic mass is 10.1. The van der Waals surface area contributed by atoms with E-state index in [2.05, 4.69) is 5.16 Å². The summed E-state index contributed by atoms with van der Waals surface area (Å²) in [7, 11) is 3.07. The molecular weight excluding hydrogens is 381 g/mol. The molecule has 0 atom stereocenters.